The van der Waals surface area contributed by atoms with Crippen molar-refractivity contribution in [2.45, 2.75) is 46.1 Å². The molecule has 1 fully saturated rings. The molecular formula is C17H26BrNO. The van der Waals surface area contributed by atoms with Crippen LogP contribution in [-0.2, 0) is 0 Å². The van der Waals surface area contributed by atoms with Gasteiger partial charge in [0.05, 0.1) is 6.61 Å². The molecule has 0 aromatic heterocycles. The zero-order chi connectivity index (χ0) is 14.8. The van der Waals surface area contributed by atoms with Crippen LogP contribution in [0.2, 0.25) is 0 Å². The van der Waals surface area contributed by atoms with E-state index < -0.39 is 0 Å². The van der Waals surface area contributed by atoms with Gasteiger partial charge in [-0.3, -0.25) is 0 Å². The van der Waals surface area contributed by atoms with Crippen molar-refractivity contribution in [2.75, 3.05) is 13.7 Å². The molecule has 1 aliphatic rings. The maximum Gasteiger partial charge on any atom is 0.124 e. The second-order valence-corrected chi connectivity index (χ2v) is 7.28. The van der Waals surface area contributed by atoms with Crippen LogP contribution in [0.3, 0.4) is 0 Å². The zero-order valence-corrected chi connectivity index (χ0v) is 14.6. The lowest BCUT2D eigenvalue weighted by molar-refractivity contribution is 0.199. The van der Waals surface area contributed by atoms with E-state index >= 15 is 0 Å². The fourth-order valence-electron chi connectivity index (χ4n) is 3.59. The molecule has 0 amide bonds. The molecule has 0 spiro atoms. The topological polar surface area (TPSA) is 21.3 Å². The van der Waals surface area contributed by atoms with Gasteiger partial charge in [0.15, 0.2) is 0 Å². The van der Waals surface area contributed by atoms with Crippen LogP contribution < -0.4 is 10.1 Å². The maximum atomic E-state index is 5.84. The molecule has 0 heterocycles. The van der Waals surface area contributed by atoms with E-state index in [9.17, 15) is 0 Å². The van der Waals surface area contributed by atoms with Gasteiger partial charge in [0.2, 0.25) is 0 Å². The van der Waals surface area contributed by atoms with Crippen molar-refractivity contribution < 1.29 is 4.74 Å². The summed E-state index contributed by atoms with van der Waals surface area (Å²) in [5.74, 6) is 1.67. The second-order valence-electron chi connectivity index (χ2n) is 6.37. The highest BCUT2D eigenvalue weighted by atomic mass is 79.9. The average molecular weight is 340 g/mol. The van der Waals surface area contributed by atoms with Crippen molar-refractivity contribution >= 4 is 15.9 Å². The molecule has 1 aromatic rings. The first kappa shape index (κ1) is 15.8. The molecule has 112 valence electrons. The van der Waals surface area contributed by atoms with Crippen molar-refractivity contribution in [1.82, 2.24) is 5.32 Å². The van der Waals surface area contributed by atoms with Crippen LogP contribution in [0.5, 0.6) is 5.75 Å². The Hall–Kier alpha value is -0.540. The molecule has 2 nitrogen and oxygen atoms in total. The number of benzene rings is 1. The maximum absolute atomic E-state index is 5.84. The molecule has 2 rings (SSSR count). The van der Waals surface area contributed by atoms with Gasteiger partial charge in [0.25, 0.3) is 0 Å². The van der Waals surface area contributed by atoms with E-state index in [0.717, 1.165) is 10.2 Å². The summed E-state index contributed by atoms with van der Waals surface area (Å²) in [5.41, 5.74) is 1.67. The van der Waals surface area contributed by atoms with Gasteiger partial charge in [-0.1, -0.05) is 36.2 Å². The van der Waals surface area contributed by atoms with Gasteiger partial charge in [-0.15, -0.1) is 0 Å². The Morgan fingerprint density at radius 1 is 1.45 bits per heavy atom. The Bertz CT molecular complexity index is 458. The number of rotatable bonds is 5. The lowest BCUT2D eigenvalue weighted by atomic mass is 9.75. The van der Waals surface area contributed by atoms with Crippen LogP contribution >= 0.6 is 15.9 Å². The third-order valence-corrected chi connectivity index (χ3v) is 5.15. The number of nitrogens with one attached hydrogen (secondary N) is 1. The molecule has 0 saturated heterocycles. The monoisotopic (exact) mass is 339 g/mol. The third-order valence-electron chi connectivity index (χ3n) is 4.66. The smallest absolute Gasteiger partial charge is 0.124 e. The van der Waals surface area contributed by atoms with Crippen molar-refractivity contribution in [3.63, 3.8) is 0 Å². The zero-order valence-electron chi connectivity index (χ0n) is 13.0. The van der Waals surface area contributed by atoms with Gasteiger partial charge in [0.1, 0.15) is 5.75 Å². The molecule has 0 bridgehead atoms. The highest BCUT2D eigenvalue weighted by Gasteiger charge is 2.40. The second kappa shape index (κ2) is 6.48. The van der Waals surface area contributed by atoms with Crippen LogP contribution in [-0.4, -0.2) is 13.7 Å². The van der Waals surface area contributed by atoms with Crippen LogP contribution in [0.25, 0.3) is 0 Å². The van der Waals surface area contributed by atoms with Crippen LogP contribution in [0, 0.1) is 11.3 Å². The van der Waals surface area contributed by atoms with Crippen molar-refractivity contribution in [3.8, 4) is 5.75 Å². The summed E-state index contributed by atoms with van der Waals surface area (Å²) in [6.07, 6.45) is 3.93. The number of halogens is 1. The van der Waals surface area contributed by atoms with Crippen LogP contribution in [0.1, 0.15) is 51.6 Å². The highest BCUT2D eigenvalue weighted by Crippen LogP contribution is 2.50. The van der Waals surface area contributed by atoms with Crippen molar-refractivity contribution in [1.29, 1.82) is 0 Å². The summed E-state index contributed by atoms with van der Waals surface area (Å²) in [5, 5.41) is 3.54. The number of hydrogen-bond donors (Lipinski definition) is 1. The molecule has 2 unspecified atom stereocenters. The minimum Gasteiger partial charge on any atom is -0.494 e. The minimum absolute atomic E-state index is 0.353. The van der Waals surface area contributed by atoms with E-state index in [1.807, 2.05) is 6.92 Å². The summed E-state index contributed by atoms with van der Waals surface area (Å²) in [6, 6.07) is 6.70. The highest BCUT2D eigenvalue weighted by molar-refractivity contribution is 9.10. The van der Waals surface area contributed by atoms with Gasteiger partial charge >= 0.3 is 0 Å². The van der Waals surface area contributed by atoms with Gasteiger partial charge in [0, 0.05) is 16.1 Å². The Morgan fingerprint density at radius 2 is 2.20 bits per heavy atom. The molecule has 1 aliphatic carbocycles. The molecule has 2 atom stereocenters. The quantitative estimate of drug-likeness (QED) is 0.820. The van der Waals surface area contributed by atoms with E-state index in [0.29, 0.717) is 24.0 Å². The normalized spacial score (nSPS) is 22.8. The first-order valence-corrected chi connectivity index (χ1v) is 8.38. The Balaban J connectivity index is 2.38. The van der Waals surface area contributed by atoms with Crippen molar-refractivity contribution in [3.05, 3.63) is 28.2 Å². The van der Waals surface area contributed by atoms with Gasteiger partial charge in [-0.2, -0.15) is 0 Å². The molecule has 3 heteroatoms. The summed E-state index contributed by atoms with van der Waals surface area (Å²) in [7, 11) is 2.07. The first-order valence-electron chi connectivity index (χ1n) is 7.59. The predicted octanol–water partition coefficient (Wildman–Crippen LogP) is 4.93. The lowest BCUT2D eigenvalue weighted by Crippen LogP contribution is -2.32. The summed E-state index contributed by atoms with van der Waals surface area (Å²) in [4.78, 5) is 0. The SMILES string of the molecule is CCOc1ccc(Br)cc1C(NC)C1CCCC1(C)C. The average Bonchev–Trinajstić information content (AvgIpc) is 2.74. The number of ether oxygens (including phenoxy) is 1. The Labute approximate surface area is 131 Å². The molecule has 20 heavy (non-hydrogen) atoms. The molecular weight excluding hydrogens is 314 g/mol. The Morgan fingerprint density at radius 3 is 2.75 bits per heavy atom. The first-order chi connectivity index (χ1) is 9.49. The third kappa shape index (κ3) is 3.20. The van der Waals surface area contributed by atoms with Gasteiger partial charge in [-0.25, -0.2) is 0 Å². The predicted molar refractivity (Wildman–Crippen MR) is 88.2 cm³/mol. The van der Waals surface area contributed by atoms with E-state index in [4.69, 9.17) is 4.74 Å². The molecule has 1 saturated carbocycles. The van der Waals surface area contributed by atoms with E-state index in [1.165, 1.54) is 24.8 Å². The standard InChI is InChI=1S/C17H26BrNO/c1-5-20-15-9-8-12(18)11-13(15)16(19-4)14-7-6-10-17(14,2)3/h8-9,11,14,16,19H,5-7,10H2,1-4H3. The van der Waals surface area contributed by atoms with Gasteiger partial charge in [-0.05, 0) is 56.3 Å². The summed E-state index contributed by atoms with van der Waals surface area (Å²) in [6.45, 7) is 7.54. The van der Waals surface area contributed by atoms with Crippen LogP contribution in [0.4, 0.5) is 0 Å². The molecule has 0 radical (unpaired) electrons. The van der Waals surface area contributed by atoms with Crippen LogP contribution in [0.15, 0.2) is 22.7 Å². The molecule has 1 N–H and O–H groups in total. The van der Waals surface area contributed by atoms with E-state index in [1.54, 1.807) is 0 Å². The fourth-order valence-corrected chi connectivity index (χ4v) is 3.97. The molecule has 1 aromatic carbocycles. The fraction of sp³-hybridized carbons (Fsp3) is 0.647. The van der Waals surface area contributed by atoms with E-state index in [2.05, 4.69) is 60.3 Å². The number of hydrogen-bond acceptors (Lipinski definition) is 2. The Kier molecular flexibility index (Phi) is 5.14. The summed E-state index contributed by atoms with van der Waals surface area (Å²) >= 11 is 3.60. The minimum atomic E-state index is 0.353. The van der Waals surface area contributed by atoms with Crippen molar-refractivity contribution in [2.24, 2.45) is 11.3 Å². The largest absolute Gasteiger partial charge is 0.494 e. The van der Waals surface area contributed by atoms with E-state index in [-0.39, 0.29) is 0 Å². The lowest BCUT2D eigenvalue weighted by Gasteiger charge is -2.35. The van der Waals surface area contributed by atoms with Gasteiger partial charge < -0.3 is 10.1 Å². The summed E-state index contributed by atoms with van der Waals surface area (Å²) < 4.78 is 6.96. The molecule has 0 aliphatic heterocycles.